The average Bonchev–Trinajstić information content (AvgIpc) is 4.05. The van der Waals surface area contributed by atoms with E-state index in [1.165, 1.54) is 16.7 Å². The Labute approximate surface area is 369 Å². The first-order valence-electron chi connectivity index (χ1n) is 23.0. The topological polar surface area (TPSA) is 72.1 Å². The number of rotatable bonds is 11. The molecule has 1 amide bonds. The van der Waals surface area contributed by atoms with E-state index in [1.54, 1.807) is 11.0 Å². The van der Waals surface area contributed by atoms with Crippen molar-refractivity contribution in [3.63, 3.8) is 0 Å². The van der Waals surface area contributed by atoms with Gasteiger partial charge in [0.1, 0.15) is 11.4 Å². The van der Waals surface area contributed by atoms with Crippen LogP contribution >= 0.6 is 0 Å². The van der Waals surface area contributed by atoms with Crippen LogP contribution in [0.1, 0.15) is 124 Å². The van der Waals surface area contributed by atoms with Crippen LogP contribution in [0.4, 0.5) is 31.9 Å². The minimum absolute atomic E-state index is 0.0128. The number of amides is 1. The molecule has 9 heteroatoms. The predicted octanol–water partition coefficient (Wildman–Crippen LogP) is 12.2. The Bertz CT molecular complexity index is 2250. The van der Waals surface area contributed by atoms with E-state index >= 15 is 4.39 Å². The van der Waals surface area contributed by atoms with Crippen LogP contribution in [-0.4, -0.2) is 54.9 Å². The number of nitrogens with one attached hydrogen (secondary N) is 3. The Balaban J connectivity index is 1.10. The fraction of sp³-hybridized carbons (Fsp3) is 0.453. The number of hydrogen-bond donors (Lipinski definition) is 3. The third-order valence-electron chi connectivity index (χ3n) is 13.7. The van der Waals surface area contributed by atoms with Gasteiger partial charge in [-0.05, 0) is 163 Å². The normalized spacial score (nSPS) is 22.0. The number of piperidine rings is 1. The van der Waals surface area contributed by atoms with E-state index in [1.807, 2.05) is 20.8 Å². The maximum Gasteiger partial charge on any atom is 0.410 e. The van der Waals surface area contributed by atoms with E-state index in [4.69, 9.17) is 4.74 Å². The highest BCUT2D eigenvalue weighted by Gasteiger charge is 2.38. The van der Waals surface area contributed by atoms with Crippen molar-refractivity contribution < 1.29 is 13.9 Å². The number of anilines is 4. The number of ether oxygens (including phenoxy) is 1. The molecule has 0 saturated carbocycles. The molecule has 3 N–H and O–H groups in total. The van der Waals surface area contributed by atoms with E-state index < -0.39 is 5.60 Å². The smallest absolute Gasteiger partial charge is 0.410 e. The second-order valence-electron chi connectivity index (χ2n) is 19.2. The molecule has 2 unspecified atom stereocenters. The molecule has 4 heterocycles. The largest absolute Gasteiger partial charge is 0.444 e. The van der Waals surface area contributed by atoms with Gasteiger partial charge in [-0.3, -0.25) is 4.90 Å². The van der Waals surface area contributed by atoms with Crippen LogP contribution in [0.15, 0.2) is 103 Å². The summed E-state index contributed by atoms with van der Waals surface area (Å²) in [6.45, 7) is 24.2. The minimum atomic E-state index is -0.575. The summed E-state index contributed by atoms with van der Waals surface area (Å²) in [6.07, 6.45) is 7.46. The van der Waals surface area contributed by atoms with Gasteiger partial charge < -0.3 is 30.5 Å². The highest BCUT2D eigenvalue weighted by atomic mass is 19.1. The van der Waals surface area contributed by atoms with Crippen LogP contribution in [-0.2, 0) is 4.74 Å². The lowest BCUT2D eigenvalue weighted by atomic mass is 9.89. The maximum absolute atomic E-state index is 16.9. The van der Waals surface area contributed by atoms with Crippen LogP contribution in [0, 0.1) is 26.6 Å². The summed E-state index contributed by atoms with van der Waals surface area (Å²) in [5.74, 6) is 0.331. The van der Waals surface area contributed by atoms with Gasteiger partial charge >= 0.3 is 6.09 Å². The Hall–Kier alpha value is -5.28. The highest BCUT2D eigenvalue weighted by molar-refractivity contribution is 5.71. The molecule has 4 aromatic carbocycles. The third-order valence-corrected chi connectivity index (χ3v) is 13.7. The first-order chi connectivity index (χ1) is 29.7. The van der Waals surface area contributed by atoms with Crippen LogP contribution < -0.4 is 25.8 Å². The molecule has 0 aliphatic carbocycles. The van der Waals surface area contributed by atoms with Gasteiger partial charge in [0.25, 0.3) is 0 Å². The summed E-state index contributed by atoms with van der Waals surface area (Å²) in [5, 5.41) is 10.9. The Morgan fingerprint density at radius 2 is 1.35 bits per heavy atom. The lowest BCUT2D eigenvalue weighted by Crippen LogP contribution is -2.41. The quantitative estimate of drug-likeness (QED) is 0.139. The summed E-state index contributed by atoms with van der Waals surface area (Å²) in [5.41, 5.74) is 11.8. The number of carbonyl (C=O) groups excluding carboxylic acids is 1. The number of aryl methyl sites for hydroxylation is 3. The van der Waals surface area contributed by atoms with Gasteiger partial charge in [-0.1, -0.05) is 67.8 Å². The Kier molecular flexibility index (Phi) is 12.7. The van der Waals surface area contributed by atoms with Gasteiger partial charge in [0.2, 0.25) is 0 Å². The highest BCUT2D eigenvalue weighted by Crippen LogP contribution is 2.49. The molecule has 62 heavy (non-hydrogen) atoms. The minimum Gasteiger partial charge on any atom is -0.444 e. The molecule has 4 fully saturated rings. The van der Waals surface area contributed by atoms with Gasteiger partial charge in [-0.15, -0.1) is 0 Å². The monoisotopic (exact) mass is 839 g/mol. The van der Waals surface area contributed by atoms with Crippen molar-refractivity contribution in [1.29, 1.82) is 0 Å². The van der Waals surface area contributed by atoms with Gasteiger partial charge in [0.05, 0.1) is 23.8 Å². The van der Waals surface area contributed by atoms with Gasteiger partial charge in [-0.25, -0.2) is 9.18 Å². The van der Waals surface area contributed by atoms with Gasteiger partial charge in [-0.2, -0.15) is 0 Å². The second-order valence-corrected chi connectivity index (χ2v) is 19.2. The number of hydrogen-bond acceptors (Lipinski definition) is 7. The molecule has 8 nitrogen and oxygen atoms in total. The summed E-state index contributed by atoms with van der Waals surface area (Å²) in [4.78, 5) is 19.7. The second kappa shape index (κ2) is 18.2. The standard InChI is InChI=1S/C53H67FN6O2/c1-34-18-20-41(31-46(34)56-37(4)45-16-12-26-55-45)49-22-23-50(42-21-19-35(2)47(32-42)57-38(5)48-17-13-27-59(48)52(61)62-53(6,7)8)60(49)43-30-36(3)51(44(54)33-43)58-28-24-40(25-29-58)39-14-10-9-11-15-39/h9-11,14-15,18-21,30-33,40,45,48-50,55-57H,4-5,12-13,16-17,22-29H2,1-3,6-8H3/t45?,48?,49-,50-/m1/s1. The molecule has 4 atom stereocenters. The molecule has 0 aromatic heterocycles. The van der Waals surface area contributed by atoms with Crippen LogP contribution in [0.3, 0.4) is 0 Å². The van der Waals surface area contributed by atoms with Crippen LogP contribution in [0.25, 0.3) is 0 Å². The first kappa shape index (κ1) is 43.4. The lowest BCUT2D eigenvalue weighted by Gasteiger charge is -2.37. The average molecular weight is 839 g/mol. The lowest BCUT2D eigenvalue weighted by molar-refractivity contribution is 0.0250. The van der Waals surface area contributed by atoms with E-state index in [0.29, 0.717) is 12.5 Å². The van der Waals surface area contributed by atoms with Crippen LogP contribution in [0.5, 0.6) is 0 Å². The summed E-state index contributed by atoms with van der Waals surface area (Å²) in [6, 6.07) is 28.2. The zero-order valence-electron chi connectivity index (χ0n) is 37.8. The number of nitrogens with zero attached hydrogens (tertiary/aromatic N) is 3. The van der Waals surface area contributed by atoms with Gasteiger partial charge in [0.15, 0.2) is 0 Å². The third kappa shape index (κ3) is 9.38. The van der Waals surface area contributed by atoms with Crippen molar-refractivity contribution >= 4 is 28.8 Å². The van der Waals surface area contributed by atoms with Gasteiger partial charge in [0, 0.05) is 54.1 Å². The number of likely N-dealkylation sites (tertiary alicyclic amines) is 1. The van der Waals surface area contributed by atoms with E-state index in [9.17, 15) is 4.79 Å². The summed E-state index contributed by atoms with van der Waals surface area (Å²) in [7, 11) is 0. The molecule has 0 spiro atoms. The molecular weight excluding hydrogens is 772 g/mol. The fourth-order valence-electron chi connectivity index (χ4n) is 10.4. The molecule has 4 saturated heterocycles. The summed E-state index contributed by atoms with van der Waals surface area (Å²) < 4.78 is 22.6. The van der Waals surface area contributed by atoms with E-state index in [0.717, 1.165) is 122 Å². The molecule has 0 radical (unpaired) electrons. The molecule has 8 rings (SSSR count). The summed E-state index contributed by atoms with van der Waals surface area (Å²) >= 11 is 0. The van der Waals surface area contributed by atoms with Crippen molar-refractivity contribution in [2.45, 2.75) is 129 Å². The Morgan fingerprint density at radius 1 is 0.726 bits per heavy atom. The number of carbonyl (C=O) groups is 1. The number of benzene rings is 4. The molecule has 4 aliphatic rings. The molecule has 328 valence electrons. The van der Waals surface area contributed by atoms with Crippen molar-refractivity contribution in [2.75, 3.05) is 46.6 Å². The SMILES string of the molecule is C=C(Nc1cc([C@H]2CC[C@H](c3ccc(C)c(NC(=C)C4CCCN4C(=O)OC(C)(C)C)c3)N2c2cc(C)c(N3CCC(c4ccccc4)CC3)c(F)c2)ccc1C)C1CCCN1. The predicted molar refractivity (Wildman–Crippen MR) is 254 cm³/mol. The van der Waals surface area contributed by atoms with Crippen molar-refractivity contribution in [2.24, 2.45) is 0 Å². The maximum atomic E-state index is 16.9. The van der Waals surface area contributed by atoms with Crippen LogP contribution in [0.2, 0.25) is 0 Å². The first-order valence-corrected chi connectivity index (χ1v) is 23.0. The Morgan fingerprint density at radius 3 is 1.94 bits per heavy atom. The molecule has 4 aliphatic heterocycles. The molecule has 0 bridgehead atoms. The zero-order chi connectivity index (χ0) is 43.7. The molecular formula is C53H67FN6O2. The number of halogens is 1. The van der Waals surface area contributed by atoms with Crippen molar-refractivity contribution in [3.8, 4) is 0 Å². The molecule has 4 aromatic rings. The van der Waals surface area contributed by atoms with E-state index in [-0.39, 0.29) is 36.1 Å². The van der Waals surface area contributed by atoms with Crippen molar-refractivity contribution in [1.82, 2.24) is 10.2 Å². The fourth-order valence-corrected chi connectivity index (χ4v) is 10.4. The zero-order valence-corrected chi connectivity index (χ0v) is 37.8. The van der Waals surface area contributed by atoms with Crippen molar-refractivity contribution in [3.05, 3.63) is 143 Å². The van der Waals surface area contributed by atoms with E-state index in [2.05, 4.69) is 132 Å².